The van der Waals surface area contributed by atoms with Crippen LogP contribution in [0.5, 0.6) is 0 Å². The first-order valence-corrected chi connectivity index (χ1v) is 12.4. The van der Waals surface area contributed by atoms with Gasteiger partial charge in [-0.15, -0.1) is 0 Å². The molecule has 0 spiro atoms. The molecule has 8 heteroatoms. The Bertz CT molecular complexity index is 1170. The minimum absolute atomic E-state index is 0.104. The zero-order valence-electron chi connectivity index (χ0n) is 19.4. The summed E-state index contributed by atoms with van der Waals surface area (Å²) in [5.41, 5.74) is 1.90. The van der Waals surface area contributed by atoms with Gasteiger partial charge in [0.1, 0.15) is 5.69 Å². The molecule has 4 atom stereocenters. The average Bonchev–Trinajstić information content (AvgIpc) is 3.55. The molecule has 8 nitrogen and oxygen atoms in total. The van der Waals surface area contributed by atoms with Gasteiger partial charge in [0.15, 0.2) is 0 Å². The van der Waals surface area contributed by atoms with Gasteiger partial charge in [-0.3, -0.25) is 24.6 Å². The molecule has 3 fully saturated rings. The Kier molecular flexibility index (Phi) is 5.40. The van der Waals surface area contributed by atoms with Crippen molar-refractivity contribution in [2.45, 2.75) is 31.8 Å². The van der Waals surface area contributed by atoms with Gasteiger partial charge >= 0.3 is 0 Å². The van der Waals surface area contributed by atoms with E-state index in [0.29, 0.717) is 11.4 Å². The van der Waals surface area contributed by atoms with Gasteiger partial charge in [0.25, 0.3) is 5.69 Å². The molecule has 180 valence electrons. The second-order valence-corrected chi connectivity index (χ2v) is 10.2. The van der Waals surface area contributed by atoms with E-state index in [0.717, 1.165) is 38.9 Å². The molecule has 2 aromatic carbocycles. The van der Waals surface area contributed by atoms with Crippen LogP contribution in [0.15, 0.2) is 60.7 Å². The predicted octanol–water partition coefficient (Wildman–Crippen LogP) is 3.98. The summed E-state index contributed by atoms with van der Waals surface area (Å²) in [7, 11) is 0. The van der Waals surface area contributed by atoms with Crippen molar-refractivity contribution in [1.82, 2.24) is 4.90 Å². The van der Waals surface area contributed by atoms with Crippen molar-refractivity contribution >= 4 is 28.9 Å². The minimum atomic E-state index is -0.437. The van der Waals surface area contributed by atoms with Gasteiger partial charge in [0.2, 0.25) is 11.8 Å². The van der Waals surface area contributed by atoms with Crippen molar-refractivity contribution < 1.29 is 14.5 Å². The average molecular weight is 473 g/mol. The third-order valence-electron chi connectivity index (χ3n) is 8.10. The maximum Gasteiger partial charge on any atom is 0.294 e. The van der Waals surface area contributed by atoms with E-state index in [1.165, 1.54) is 16.5 Å². The van der Waals surface area contributed by atoms with Crippen LogP contribution in [0.3, 0.4) is 0 Å². The van der Waals surface area contributed by atoms with Crippen LogP contribution in [0.1, 0.15) is 24.8 Å². The lowest BCUT2D eigenvalue weighted by Gasteiger charge is -2.32. The Morgan fingerprint density at radius 2 is 1.60 bits per heavy atom. The van der Waals surface area contributed by atoms with Crippen LogP contribution in [0, 0.1) is 33.8 Å². The highest BCUT2D eigenvalue weighted by Gasteiger charge is 2.59. The number of nitro groups is 1. The highest BCUT2D eigenvalue weighted by atomic mass is 16.6. The summed E-state index contributed by atoms with van der Waals surface area (Å²) < 4.78 is 0. The molecule has 2 aliphatic carbocycles. The molecule has 0 unspecified atom stereocenters. The van der Waals surface area contributed by atoms with Gasteiger partial charge in [-0.1, -0.05) is 42.5 Å². The number of benzene rings is 2. The number of allylic oxidation sites excluding steroid dienone is 2. The Hall–Kier alpha value is -3.52. The third-order valence-corrected chi connectivity index (χ3v) is 8.10. The number of hydrogen-bond donors (Lipinski definition) is 1. The fourth-order valence-electron chi connectivity index (χ4n) is 6.39. The van der Waals surface area contributed by atoms with Crippen molar-refractivity contribution in [3.8, 4) is 0 Å². The van der Waals surface area contributed by atoms with E-state index in [1.807, 2.05) is 30.4 Å². The first kappa shape index (κ1) is 22.0. The summed E-state index contributed by atoms with van der Waals surface area (Å²) >= 11 is 0. The van der Waals surface area contributed by atoms with Crippen LogP contribution in [0.25, 0.3) is 0 Å². The van der Waals surface area contributed by atoms with Crippen LogP contribution in [-0.2, 0) is 16.1 Å². The van der Waals surface area contributed by atoms with Crippen LogP contribution in [-0.4, -0.2) is 40.8 Å². The van der Waals surface area contributed by atoms with E-state index in [-0.39, 0.29) is 47.2 Å². The minimum Gasteiger partial charge on any atom is -0.377 e. The largest absolute Gasteiger partial charge is 0.377 e. The van der Waals surface area contributed by atoms with Crippen molar-refractivity contribution in [2.75, 3.05) is 23.3 Å². The maximum absolute atomic E-state index is 13.1. The summed E-state index contributed by atoms with van der Waals surface area (Å²) in [6.45, 7) is 2.72. The van der Waals surface area contributed by atoms with E-state index >= 15 is 0 Å². The summed E-state index contributed by atoms with van der Waals surface area (Å²) in [5, 5.41) is 15.3. The van der Waals surface area contributed by atoms with Crippen molar-refractivity contribution in [1.29, 1.82) is 0 Å². The summed E-state index contributed by atoms with van der Waals surface area (Å²) in [6.07, 6.45) is 6.71. The van der Waals surface area contributed by atoms with Crippen molar-refractivity contribution in [3.05, 3.63) is 76.4 Å². The number of carbonyl (C=O) groups is 2. The number of likely N-dealkylation sites (tertiary alicyclic amines) is 1. The smallest absolute Gasteiger partial charge is 0.294 e. The Labute approximate surface area is 203 Å². The van der Waals surface area contributed by atoms with E-state index < -0.39 is 4.92 Å². The monoisotopic (exact) mass is 472 g/mol. The van der Waals surface area contributed by atoms with Gasteiger partial charge < -0.3 is 5.32 Å². The number of amides is 2. The molecule has 6 rings (SSSR count). The molecular weight excluding hydrogens is 444 g/mol. The number of rotatable bonds is 6. The first-order chi connectivity index (χ1) is 17.0. The molecule has 0 aromatic heterocycles. The zero-order chi connectivity index (χ0) is 24.1. The van der Waals surface area contributed by atoms with Crippen molar-refractivity contribution in [2.24, 2.45) is 23.7 Å². The van der Waals surface area contributed by atoms with E-state index in [2.05, 4.69) is 22.3 Å². The van der Waals surface area contributed by atoms with Crippen LogP contribution in [0.2, 0.25) is 0 Å². The summed E-state index contributed by atoms with van der Waals surface area (Å²) in [4.78, 5) is 41.3. The molecular formula is C27H28N4O4. The zero-order valence-corrected chi connectivity index (χ0v) is 19.4. The number of anilines is 2. The molecule has 2 bridgehead atoms. The third kappa shape index (κ3) is 3.82. The Morgan fingerprint density at radius 3 is 2.23 bits per heavy atom. The topological polar surface area (TPSA) is 95.8 Å². The van der Waals surface area contributed by atoms with Gasteiger partial charge in [0, 0.05) is 31.7 Å². The number of carbonyl (C=O) groups excluding carboxylic acids is 2. The fourth-order valence-corrected chi connectivity index (χ4v) is 6.39. The summed E-state index contributed by atoms with van der Waals surface area (Å²) in [6, 6.07) is 15.2. The molecule has 2 saturated heterocycles. The van der Waals surface area contributed by atoms with Gasteiger partial charge in [0.05, 0.1) is 22.4 Å². The Balaban J connectivity index is 1.15. The molecule has 0 radical (unpaired) electrons. The number of nitro benzene ring substituents is 1. The van der Waals surface area contributed by atoms with Gasteiger partial charge in [-0.25, -0.2) is 4.90 Å². The number of hydrogen-bond acceptors (Lipinski definition) is 6. The molecule has 1 N–H and O–H groups in total. The quantitative estimate of drug-likeness (QED) is 0.296. The number of imide groups is 1. The lowest BCUT2D eigenvalue weighted by Crippen LogP contribution is -2.38. The molecule has 35 heavy (non-hydrogen) atoms. The van der Waals surface area contributed by atoms with E-state index in [4.69, 9.17) is 0 Å². The highest BCUT2D eigenvalue weighted by Crippen LogP contribution is 2.53. The second kappa shape index (κ2) is 8.61. The number of piperidine rings is 1. The molecule has 1 saturated carbocycles. The standard InChI is InChI=1S/C27H28N4O4/c32-26-24-18-6-7-19(14-18)25(24)27(33)30(26)21-8-9-22(23(15-21)31(34)35)28-20-10-12-29(13-11-20)16-17-4-2-1-3-5-17/h1-9,15,18-20,24-25,28H,10-14,16H2/t18-,19-,24-,25+/m0/s1. The normalized spacial score (nSPS) is 28.1. The number of nitrogens with one attached hydrogen (secondary N) is 1. The van der Waals surface area contributed by atoms with E-state index in [1.54, 1.807) is 12.1 Å². The van der Waals surface area contributed by atoms with Crippen LogP contribution < -0.4 is 10.2 Å². The Morgan fingerprint density at radius 1 is 0.943 bits per heavy atom. The lowest BCUT2D eigenvalue weighted by molar-refractivity contribution is -0.383. The molecule has 2 aliphatic heterocycles. The predicted molar refractivity (Wildman–Crippen MR) is 132 cm³/mol. The van der Waals surface area contributed by atoms with Gasteiger partial charge in [-0.05, 0) is 48.8 Å². The molecule has 2 aromatic rings. The van der Waals surface area contributed by atoms with E-state index in [9.17, 15) is 19.7 Å². The van der Waals surface area contributed by atoms with Crippen LogP contribution in [0.4, 0.5) is 17.1 Å². The molecule has 2 heterocycles. The lowest BCUT2D eigenvalue weighted by atomic mass is 9.85. The van der Waals surface area contributed by atoms with Crippen LogP contribution >= 0.6 is 0 Å². The molecule has 4 aliphatic rings. The van der Waals surface area contributed by atoms with Gasteiger partial charge in [-0.2, -0.15) is 0 Å². The number of fused-ring (bicyclic) bond motifs is 5. The second-order valence-electron chi connectivity index (χ2n) is 10.2. The van der Waals surface area contributed by atoms with Crippen molar-refractivity contribution in [3.63, 3.8) is 0 Å². The SMILES string of the molecule is O=C1[C@@H]2[C@H](C(=O)N1c1ccc(NC3CCN(Cc4ccccc4)CC3)c([N+](=O)[O-])c1)[C@H]1C=C[C@H]2C1. The first-order valence-electron chi connectivity index (χ1n) is 12.4. The molecule has 2 amide bonds. The fraction of sp³-hybridized carbons (Fsp3) is 0.407. The highest BCUT2D eigenvalue weighted by molar-refractivity contribution is 6.23. The number of nitrogens with zero attached hydrogens (tertiary/aromatic N) is 3. The summed E-state index contributed by atoms with van der Waals surface area (Å²) in [5.74, 6) is -0.883. The maximum atomic E-state index is 13.1.